The third-order valence-corrected chi connectivity index (χ3v) is 7.62. The standard InChI is InChI=1S/C34H26O/c1-19-13-20(2)15-22(14-19)23-17-28-24-9-5-7-11-26(24)31-21(3)16-30(35-4)33-27-12-8-6-10-25(27)29(18-23)32(28)34(31)33/h5-18H,1-4H3. The number of benzene rings is 7. The molecule has 168 valence electrons. The number of ether oxygens (including phenoxy) is 1. The molecule has 0 aliphatic heterocycles. The molecule has 0 bridgehead atoms. The van der Waals surface area contributed by atoms with Crippen LogP contribution in [-0.2, 0) is 0 Å². The fourth-order valence-electron chi connectivity index (χ4n) is 6.33. The SMILES string of the molecule is COc1cc(C)c2c3ccccc3c3cc(-c4cc(C)cc(C)c4)cc4c5ccccc5c1c2c34. The number of fused-ring (bicyclic) bond motifs is 6. The molecule has 7 rings (SSSR count). The Labute approximate surface area is 204 Å². The third-order valence-electron chi connectivity index (χ3n) is 7.62. The number of aryl methyl sites for hydroxylation is 3. The average molecular weight is 451 g/mol. The molecule has 7 aromatic carbocycles. The molecule has 7 aromatic rings. The van der Waals surface area contributed by atoms with E-state index in [1.165, 1.54) is 81.7 Å². The van der Waals surface area contributed by atoms with Crippen LogP contribution in [0.25, 0.3) is 65.0 Å². The van der Waals surface area contributed by atoms with Crippen molar-refractivity contribution >= 4 is 53.9 Å². The molecule has 0 radical (unpaired) electrons. The van der Waals surface area contributed by atoms with Crippen LogP contribution in [-0.4, -0.2) is 7.11 Å². The highest BCUT2D eigenvalue weighted by Crippen LogP contribution is 2.49. The molecule has 0 saturated heterocycles. The molecule has 35 heavy (non-hydrogen) atoms. The van der Waals surface area contributed by atoms with Crippen molar-refractivity contribution in [1.82, 2.24) is 0 Å². The summed E-state index contributed by atoms with van der Waals surface area (Å²) in [6, 6.07) is 31.5. The maximum atomic E-state index is 5.99. The fourth-order valence-corrected chi connectivity index (χ4v) is 6.33. The molecule has 0 aromatic heterocycles. The van der Waals surface area contributed by atoms with Gasteiger partial charge in [-0.1, -0.05) is 77.9 Å². The Hall–Kier alpha value is -4.10. The first-order chi connectivity index (χ1) is 17.0. The van der Waals surface area contributed by atoms with E-state index in [2.05, 4.69) is 106 Å². The van der Waals surface area contributed by atoms with E-state index in [1.807, 2.05) is 0 Å². The highest BCUT2D eigenvalue weighted by molar-refractivity contribution is 6.41. The summed E-state index contributed by atoms with van der Waals surface area (Å²) in [4.78, 5) is 0. The van der Waals surface area contributed by atoms with Gasteiger partial charge in [-0.05, 0) is 98.8 Å². The van der Waals surface area contributed by atoms with Crippen molar-refractivity contribution < 1.29 is 4.74 Å². The van der Waals surface area contributed by atoms with Crippen LogP contribution in [0.15, 0.2) is 84.9 Å². The van der Waals surface area contributed by atoms with E-state index in [9.17, 15) is 0 Å². The van der Waals surface area contributed by atoms with E-state index in [1.54, 1.807) is 7.11 Å². The van der Waals surface area contributed by atoms with Gasteiger partial charge in [-0.3, -0.25) is 0 Å². The first kappa shape index (κ1) is 20.3. The molecule has 0 amide bonds. The van der Waals surface area contributed by atoms with Crippen molar-refractivity contribution in [2.24, 2.45) is 0 Å². The monoisotopic (exact) mass is 450 g/mol. The van der Waals surface area contributed by atoms with Gasteiger partial charge in [0.05, 0.1) is 7.11 Å². The van der Waals surface area contributed by atoms with Gasteiger partial charge >= 0.3 is 0 Å². The summed E-state index contributed by atoms with van der Waals surface area (Å²) in [6.07, 6.45) is 0. The molecule has 0 saturated carbocycles. The van der Waals surface area contributed by atoms with Crippen molar-refractivity contribution in [3.63, 3.8) is 0 Å². The maximum Gasteiger partial charge on any atom is 0.127 e. The second-order valence-electron chi connectivity index (χ2n) is 9.93. The zero-order valence-corrected chi connectivity index (χ0v) is 20.5. The van der Waals surface area contributed by atoms with Crippen LogP contribution in [0.1, 0.15) is 16.7 Å². The summed E-state index contributed by atoms with van der Waals surface area (Å²) in [5.41, 5.74) is 6.37. The first-order valence-corrected chi connectivity index (χ1v) is 12.2. The Kier molecular flexibility index (Phi) is 4.17. The Morgan fingerprint density at radius 2 is 0.971 bits per heavy atom. The van der Waals surface area contributed by atoms with E-state index >= 15 is 0 Å². The van der Waals surface area contributed by atoms with Gasteiger partial charge in [-0.15, -0.1) is 0 Å². The predicted octanol–water partition coefficient (Wildman–Crippen LogP) is 9.49. The third kappa shape index (κ3) is 2.76. The Morgan fingerprint density at radius 1 is 0.457 bits per heavy atom. The number of methoxy groups -OCH3 is 1. The molecule has 0 unspecified atom stereocenters. The average Bonchev–Trinajstić information content (AvgIpc) is 2.87. The van der Waals surface area contributed by atoms with Crippen molar-refractivity contribution in [1.29, 1.82) is 0 Å². The lowest BCUT2D eigenvalue weighted by Gasteiger charge is -2.21. The molecule has 0 spiro atoms. The highest BCUT2D eigenvalue weighted by atomic mass is 16.5. The Bertz CT molecular complexity index is 1920. The van der Waals surface area contributed by atoms with E-state index in [4.69, 9.17) is 4.74 Å². The van der Waals surface area contributed by atoms with E-state index in [0.29, 0.717) is 0 Å². The number of hydrogen-bond acceptors (Lipinski definition) is 1. The van der Waals surface area contributed by atoms with Gasteiger partial charge in [0.1, 0.15) is 5.75 Å². The zero-order chi connectivity index (χ0) is 23.8. The van der Waals surface area contributed by atoms with Crippen LogP contribution in [0, 0.1) is 20.8 Å². The van der Waals surface area contributed by atoms with Crippen molar-refractivity contribution in [2.45, 2.75) is 20.8 Å². The highest BCUT2D eigenvalue weighted by Gasteiger charge is 2.21. The van der Waals surface area contributed by atoms with Gasteiger partial charge in [0, 0.05) is 10.8 Å². The lowest BCUT2D eigenvalue weighted by atomic mass is 9.83. The van der Waals surface area contributed by atoms with Crippen LogP contribution in [0.5, 0.6) is 5.75 Å². The second kappa shape index (κ2) is 7.20. The van der Waals surface area contributed by atoms with Crippen molar-refractivity contribution in [3.05, 3.63) is 102 Å². The fraction of sp³-hybridized carbons (Fsp3) is 0.118. The minimum absolute atomic E-state index is 0.947. The van der Waals surface area contributed by atoms with Gasteiger partial charge < -0.3 is 4.74 Å². The van der Waals surface area contributed by atoms with Gasteiger partial charge in [0.2, 0.25) is 0 Å². The summed E-state index contributed by atoms with van der Waals surface area (Å²) in [7, 11) is 1.79. The van der Waals surface area contributed by atoms with E-state index in [0.717, 1.165) is 5.75 Å². The molecule has 0 N–H and O–H groups in total. The molecule has 1 heteroatoms. The van der Waals surface area contributed by atoms with E-state index in [-0.39, 0.29) is 0 Å². The molecule has 0 aliphatic carbocycles. The van der Waals surface area contributed by atoms with Crippen LogP contribution < -0.4 is 4.74 Å². The Morgan fingerprint density at radius 3 is 1.54 bits per heavy atom. The smallest absolute Gasteiger partial charge is 0.127 e. The lowest BCUT2D eigenvalue weighted by molar-refractivity contribution is 0.420. The van der Waals surface area contributed by atoms with Crippen LogP contribution in [0.4, 0.5) is 0 Å². The van der Waals surface area contributed by atoms with Crippen molar-refractivity contribution in [3.8, 4) is 16.9 Å². The van der Waals surface area contributed by atoms with Crippen molar-refractivity contribution in [2.75, 3.05) is 7.11 Å². The minimum atomic E-state index is 0.947. The number of rotatable bonds is 2. The summed E-state index contributed by atoms with van der Waals surface area (Å²) in [5, 5.41) is 12.9. The molecule has 0 heterocycles. The first-order valence-electron chi connectivity index (χ1n) is 12.2. The summed E-state index contributed by atoms with van der Waals surface area (Å²) in [6.45, 7) is 6.58. The van der Waals surface area contributed by atoms with Gasteiger partial charge in [0.15, 0.2) is 0 Å². The summed E-state index contributed by atoms with van der Waals surface area (Å²) < 4.78 is 5.99. The summed E-state index contributed by atoms with van der Waals surface area (Å²) >= 11 is 0. The molecule has 0 atom stereocenters. The van der Waals surface area contributed by atoms with E-state index < -0.39 is 0 Å². The second-order valence-corrected chi connectivity index (χ2v) is 9.93. The van der Waals surface area contributed by atoms with Gasteiger partial charge in [-0.25, -0.2) is 0 Å². The molecule has 1 nitrogen and oxygen atoms in total. The topological polar surface area (TPSA) is 9.23 Å². The lowest BCUT2D eigenvalue weighted by Crippen LogP contribution is -1.95. The van der Waals surface area contributed by atoms with Gasteiger partial charge in [-0.2, -0.15) is 0 Å². The summed E-state index contributed by atoms with van der Waals surface area (Å²) in [5.74, 6) is 0.947. The molecular formula is C34H26O. The normalized spacial score (nSPS) is 12.0. The van der Waals surface area contributed by atoms with Crippen LogP contribution >= 0.6 is 0 Å². The zero-order valence-electron chi connectivity index (χ0n) is 20.5. The molecule has 0 fully saturated rings. The van der Waals surface area contributed by atoms with Gasteiger partial charge in [0.25, 0.3) is 0 Å². The van der Waals surface area contributed by atoms with Crippen LogP contribution in [0.2, 0.25) is 0 Å². The molecular weight excluding hydrogens is 424 g/mol. The largest absolute Gasteiger partial charge is 0.496 e. The predicted molar refractivity (Wildman–Crippen MR) is 151 cm³/mol. The quantitative estimate of drug-likeness (QED) is 0.188. The number of hydrogen-bond donors (Lipinski definition) is 0. The Balaban J connectivity index is 1.84. The minimum Gasteiger partial charge on any atom is -0.496 e. The maximum absolute atomic E-state index is 5.99. The van der Waals surface area contributed by atoms with Crippen LogP contribution in [0.3, 0.4) is 0 Å². The molecule has 0 aliphatic rings.